The van der Waals surface area contributed by atoms with Crippen LogP contribution in [0.15, 0.2) is 18.3 Å². The second-order valence-electron chi connectivity index (χ2n) is 5.27. The highest BCUT2D eigenvalue weighted by Gasteiger charge is 2.30. The van der Waals surface area contributed by atoms with E-state index in [0.717, 1.165) is 12.0 Å². The Bertz CT molecular complexity index is 668. The summed E-state index contributed by atoms with van der Waals surface area (Å²) in [6.45, 7) is 2.90. The first-order valence-electron chi connectivity index (χ1n) is 6.64. The molecule has 5 nitrogen and oxygen atoms in total. The van der Waals surface area contributed by atoms with E-state index in [1.807, 2.05) is 13.0 Å². The van der Waals surface area contributed by atoms with Crippen molar-refractivity contribution in [3.63, 3.8) is 0 Å². The summed E-state index contributed by atoms with van der Waals surface area (Å²) in [4.78, 5) is 17.9. The molecular formula is C14H16FN3O2. The molecule has 106 valence electrons. The topological polar surface area (TPSA) is 57.8 Å². The molecule has 2 aromatic heterocycles. The molecule has 0 bridgehead atoms. The number of aliphatic hydroxyl groups excluding tert-OH is 1. The van der Waals surface area contributed by atoms with Gasteiger partial charge in [-0.15, -0.1) is 0 Å². The Morgan fingerprint density at radius 2 is 2.35 bits per heavy atom. The maximum absolute atomic E-state index is 14.3. The standard InChI is InChI=1S/C14H16FN3O2/c1-9-2-3-11-16-12(13(15)18(11)6-9)14(20)17-5-4-10(7-17)8-19/h2-3,6,10,19H,4-5,7-8H2,1H3. The molecule has 1 N–H and O–H groups in total. The lowest BCUT2D eigenvalue weighted by Crippen LogP contribution is -2.30. The number of likely N-dealkylation sites (tertiary alicyclic amines) is 1. The smallest absolute Gasteiger partial charge is 0.277 e. The summed E-state index contributed by atoms with van der Waals surface area (Å²) < 4.78 is 15.6. The van der Waals surface area contributed by atoms with Gasteiger partial charge in [-0.2, -0.15) is 4.39 Å². The Balaban J connectivity index is 1.94. The number of aromatic nitrogens is 2. The number of hydrogen-bond donors (Lipinski definition) is 1. The average Bonchev–Trinajstić information content (AvgIpc) is 3.04. The second-order valence-corrected chi connectivity index (χ2v) is 5.27. The summed E-state index contributed by atoms with van der Waals surface area (Å²) in [6, 6.07) is 3.52. The molecule has 1 atom stereocenters. The molecule has 20 heavy (non-hydrogen) atoms. The lowest BCUT2D eigenvalue weighted by atomic mass is 10.1. The monoisotopic (exact) mass is 277 g/mol. The number of rotatable bonds is 2. The Morgan fingerprint density at radius 3 is 3.05 bits per heavy atom. The highest BCUT2D eigenvalue weighted by molar-refractivity contribution is 5.93. The molecule has 1 aliphatic heterocycles. The van der Waals surface area contributed by atoms with Crippen molar-refractivity contribution in [1.29, 1.82) is 0 Å². The zero-order valence-corrected chi connectivity index (χ0v) is 11.2. The number of hydrogen-bond acceptors (Lipinski definition) is 3. The molecule has 3 heterocycles. The fourth-order valence-electron chi connectivity index (χ4n) is 2.57. The maximum Gasteiger partial charge on any atom is 0.277 e. The highest BCUT2D eigenvalue weighted by Crippen LogP contribution is 2.20. The first-order valence-corrected chi connectivity index (χ1v) is 6.64. The van der Waals surface area contributed by atoms with Crippen molar-refractivity contribution in [2.45, 2.75) is 13.3 Å². The minimum Gasteiger partial charge on any atom is -0.396 e. The summed E-state index contributed by atoms with van der Waals surface area (Å²) in [6.07, 6.45) is 2.37. The van der Waals surface area contributed by atoms with E-state index in [9.17, 15) is 9.18 Å². The Morgan fingerprint density at radius 1 is 1.55 bits per heavy atom. The Hall–Kier alpha value is -1.95. The molecule has 1 fully saturated rings. The third-order valence-corrected chi connectivity index (χ3v) is 3.74. The summed E-state index contributed by atoms with van der Waals surface area (Å²) in [5, 5.41) is 9.10. The predicted octanol–water partition coefficient (Wildman–Crippen LogP) is 1.24. The van der Waals surface area contributed by atoms with E-state index in [2.05, 4.69) is 4.98 Å². The molecule has 0 radical (unpaired) electrons. The molecule has 0 saturated carbocycles. The first-order chi connectivity index (χ1) is 9.60. The molecule has 6 heteroatoms. The van der Waals surface area contributed by atoms with Gasteiger partial charge in [0.1, 0.15) is 5.65 Å². The summed E-state index contributed by atoms with van der Waals surface area (Å²) in [5.74, 6) is -0.942. The molecule has 1 aliphatic rings. The van der Waals surface area contributed by atoms with Gasteiger partial charge in [0.25, 0.3) is 5.91 Å². The molecule has 0 spiro atoms. The van der Waals surface area contributed by atoms with Crippen LogP contribution in [-0.2, 0) is 0 Å². The van der Waals surface area contributed by atoms with Crippen molar-refractivity contribution in [1.82, 2.24) is 14.3 Å². The highest BCUT2D eigenvalue weighted by atomic mass is 19.1. The summed E-state index contributed by atoms with van der Waals surface area (Å²) in [5.41, 5.74) is 1.18. The fourth-order valence-corrected chi connectivity index (χ4v) is 2.57. The molecule has 1 amide bonds. The van der Waals surface area contributed by atoms with Crippen molar-refractivity contribution in [2.75, 3.05) is 19.7 Å². The molecule has 0 aromatic carbocycles. The van der Waals surface area contributed by atoms with E-state index in [4.69, 9.17) is 5.11 Å². The van der Waals surface area contributed by atoms with Gasteiger partial charge in [0, 0.05) is 31.8 Å². The van der Waals surface area contributed by atoms with Gasteiger partial charge in [-0.3, -0.25) is 9.20 Å². The van der Waals surface area contributed by atoms with Crippen molar-refractivity contribution in [3.05, 3.63) is 35.5 Å². The molecule has 2 aromatic rings. The number of nitrogens with zero attached hydrogens (tertiary/aromatic N) is 3. The average molecular weight is 277 g/mol. The van der Waals surface area contributed by atoms with E-state index in [0.29, 0.717) is 18.7 Å². The van der Waals surface area contributed by atoms with Crippen molar-refractivity contribution >= 4 is 11.6 Å². The van der Waals surface area contributed by atoms with Crippen molar-refractivity contribution in [2.24, 2.45) is 5.92 Å². The van der Waals surface area contributed by atoms with Gasteiger partial charge in [-0.1, -0.05) is 6.07 Å². The number of fused-ring (bicyclic) bond motifs is 1. The van der Waals surface area contributed by atoms with Crippen molar-refractivity contribution < 1.29 is 14.3 Å². The van der Waals surface area contributed by atoms with Crippen LogP contribution in [0.1, 0.15) is 22.5 Å². The minimum atomic E-state index is -0.624. The first kappa shape index (κ1) is 13.1. The van der Waals surface area contributed by atoms with Crippen LogP contribution in [0.3, 0.4) is 0 Å². The van der Waals surface area contributed by atoms with E-state index in [1.165, 1.54) is 4.40 Å². The van der Waals surface area contributed by atoms with Crippen LogP contribution in [0, 0.1) is 18.8 Å². The molecule has 1 unspecified atom stereocenters. The number of imidazole rings is 1. The zero-order valence-electron chi connectivity index (χ0n) is 11.2. The van der Waals surface area contributed by atoms with E-state index in [-0.39, 0.29) is 18.2 Å². The van der Waals surface area contributed by atoms with Gasteiger partial charge >= 0.3 is 0 Å². The summed E-state index contributed by atoms with van der Waals surface area (Å²) in [7, 11) is 0. The van der Waals surface area contributed by atoms with Crippen LogP contribution >= 0.6 is 0 Å². The van der Waals surface area contributed by atoms with Gasteiger partial charge in [0.05, 0.1) is 0 Å². The largest absolute Gasteiger partial charge is 0.396 e. The fraction of sp³-hybridized carbons (Fsp3) is 0.429. The SMILES string of the molecule is Cc1ccc2nc(C(=O)N3CCC(CO)C3)c(F)n2c1. The predicted molar refractivity (Wildman–Crippen MR) is 71.0 cm³/mol. The normalized spacial score (nSPS) is 18.9. The number of aryl methyl sites for hydroxylation is 1. The van der Waals surface area contributed by atoms with E-state index >= 15 is 0 Å². The third-order valence-electron chi connectivity index (χ3n) is 3.74. The lowest BCUT2D eigenvalue weighted by molar-refractivity contribution is 0.0771. The van der Waals surface area contributed by atoms with Crippen LogP contribution in [0.5, 0.6) is 0 Å². The lowest BCUT2D eigenvalue weighted by Gasteiger charge is -2.14. The summed E-state index contributed by atoms with van der Waals surface area (Å²) >= 11 is 0. The number of aliphatic hydroxyl groups is 1. The minimum absolute atomic E-state index is 0.0522. The van der Waals surface area contributed by atoms with Gasteiger partial charge < -0.3 is 10.0 Å². The molecule has 1 saturated heterocycles. The number of halogens is 1. The quantitative estimate of drug-likeness (QED) is 0.898. The van der Waals surface area contributed by atoms with Crippen LogP contribution < -0.4 is 0 Å². The number of amides is 1. The van der Waals surface area contributed by atoms with Crippen LogP contribution in [0.2, 0.25) is 0 Å². The van der Waals surface area contributed by atoms with E-state index in [1.54, 1.807) is 17.2 Å². The van der Waals surface area contributed by atoms with Gasteiger partial charge in [0.15, 0.2) is 5.69 Å². The van der Waals surface area contributed by atoms with Crippen molar-refractivity contribution in [3.8, 4) is 0 Å². The van der Waals surface area contributed by atoms with E-state index < -0.39 is 11.9 Å². The number of carbonyl (C=O) groups excluding carboxylic acids is 1. The number of pyridine rings is 1. The molecule has 0 aliphatic carbocycles. The second kappa shape index (κ2) is 4.86. The van der Waals surface area contributed by atoms with Gasteiger partial charge in [-0.25, -0.2) is 4.98 Å². The van der Waals surface area contributed by atoms with Gasteiger partial charge in [-0.05, 0) is 25.0 Å². The molecular weight excluding hydrogens is 261 g/mol. The van der Waals surface area contributed by atoms with Crippen LogP contribution in [0.4, 0.5) is 4.39 Å². The zero-order chi connectivity index (χ0) is 14.3. The van der Waals surface area contributed by atoms with Gasteiger partial charge in [0.2, 0.25) is 5.95 Å². The Kier molecular flexibility index (Phi) is 3.17. The van der Waals surface area contributed by atoms with Crippen LogP contribution in [-0.4, -0.2) is 45.0 Å². The number of carbonyl (C=O) groups is 1. The Labute approximate surface area is 115 Å². The van der Waals surface area contributed by atoms with Crippen LogP contribution in [0.25, 0.3) is 5.65 Å². The molecule has 3 rings (SSSR count). The third kappa shape index (κ3) is 2.06. The maximum atomic E-state index is 14.3.